The van der Waals surface area contributed by atoms with Gasteiger partial charge in [-0.2, -0.15) is 0 Å². The van der Waals surface area contributed by atoms with Crippen LogP contribution in [0.4, 0.5) is 5.69 Å². The zero-order valence-corrected chi connectivity index (χ0v) is 11.3. The minimum Gasteiger partial charge on any atom is -0.497 e. The molecular weight excluding hydrogens is 260 g/mol. The molecule has 0 bridgehead atoms. The van der Waals surface area contributed by atoms with Gasteiger partial charge in [0.25, 0.3) is 0 Å². The summed E-state index contributed by atoms with van der Waals surface area (Å²) >= 11 is 5.03. The molecule has 0 aliphatic heterocycles. The Morgan fingerprint density at radius 1 is 1.42 bits per heavy atom. The first kappa shape index (κ1) is 13.2. The number of nitrogens with two attached hydrogens (primary N) is 1. The largest absolute Gasteiger partial charge is 0.497 e. The number of nitrogens with one attached hydrogen (secondary N) is 1. The van der Waals surface area contributed by atoms with Gasteiger partial charge >= 0.3 is 0 Å². The number of benzene rings is 1. The first-order valence-electron chi connectivity index (χ1n) is 5.67. The maximum absolute atomic E-state index is 5.70. The highest BCUT2D eigenvalue weighted by atomic mass is 32.1. The molecule has 19 heavy (non-hydrogen) atoms. The summed E-state index contributed by atoms with van der Waals surface area (Å²) in [4.78, 5) is 8.36. The zero-order chi connectivity index (χ0) is 13.7. The number of anilines is 1. The van der Waals surface area contributed by atoms with E-state index < -0.39 is 0 Å². The number of thiocarbonyl (C=S) groups is 1. The molecule has 1 heterocycles. The maximum Gasteiger partial charge on any atom is 0.120 e. The summed E-state index contributed by atoms with van der Waals surface area (Å²) in [6.07, 6.45) is 3.21. The minimum absolute atomic E-state index is 0.341. The van der Waals surface area contributed by atoms with Gasteiger partial charge in [0.2, 0.25) is 0 Å². The molecule has 2 rings (SSSR count). The molecule has 0 atom stereocenters. The average Bonchev–Trinajstić information content (AvgIpc) is 2.45. The molecule has 0 radical (unpaired) electrons. The highest BCUT2D eigenvalue weighted by molar-refractivity contribution is 7.80. The van der Waals surface area contributed by atoms with E-state index in [2.05, 4.69) is 15.3 Å². The number of hydrogen-bond acceptors (Lipinski definition) is 5. The van der Waals surface area contributed by atoms with Gasteiger partial charge in [0.15, 0.2) is 0 Å². The summed E-state index contributed by atoms with van der Waals surface area (Å²) in [6, 6.07) is 7.36. The van der Waals surface area contributed by atoms with Gasteiger partial charge in [-0.15, -0.1) is 0 Å². The van der Waals surface area contributed by atoms with Gasteiger partial charge in [-0.25, -0.2) is 9.97 Å². The van der Waals surface area contributed by atoms with E-state index in [4.69, 9.17) is 22.7 Å². The highest BCUT2D eigenvalue weighted by Crippen LogP contribution is 2.23. The predicted molar refractivity (Wildman–Crippen MR) is 78.2 cm³/mol. The molecule has 0 amide bonds. The van der Waals surface area contributed by atoms with Crippen molar-refractivity contribution >= 4 is 22.9 Å². The Morgan fingerprint density at radius 3 is 2.89 bits per heavy atom. The van der Waals surface area contributed by atoms with E-state index in [0.717, 1.165) is 22.7 Å². The highest BCUT2D eigenvalue weighted by Gasteiger charge is 2.07. The molecule has 3 N–H and O–H groups in total. The van der Waals surface area contributed by atoms with Crippen molar-refractivity contribution < 1.29 is 4.74 Å². The van der Waals surface area contributed by atoms with Crippen molar-refractivity contribution in [2.24, 2.45) is 5.73 Å². The Morgan fingerprint density at radius 2 is 2.26 bits per heavy atom. The number of aromatic nitrogens is 2. The summed E-state index contributed by atoms with van der Waals surface area (Å²) in [5.41, 5.74) is 8.19. The molecule has 0 saturated heterocycles. The van der Waals surface area contributed by atoms with Crippen molar-refractivity contribution in [3.8, 4) is 5.75 Å². The lowest BCUT2D eigenvalue weighted by Gasteiger charge is -2.12. The SMILES string of the molecule is COc1ccc(C(N)=S)c(NCc2ccncn2)c1. The molecule has 5 nitrogen and oxygen atoms in total. The topological polar surface area (TPSA) is 73.1 Å². The van der Waals surface area contributed by atoms with Gasteiger partial charge in [-0.05, 0) is 18.2 Å². The molecule has 0 aliphatic rings. The van der Waals surface area contributed by atoms with Crippen LogP contribution in [0.25, 0.3) is 0 Å². The number of nitrogens with zero attached hydrogens (tertiary/aromatic N) is 2. The Labute approximate surface area is 116 Å². The van der Waals surface area contributed by atoms with Gasteiger partial charge in [0, 0.05) is 23.5 Å². The minimum atomic E-state index is 0.341. The zero-order valence-electron chi connectivity index (χ0n) is 10.5. The lowest BCUT2D eigenvalue weighted by Crippen LogP contribution is -2.13. The van der Waals surface area contributed by atoms with Crippen molar-refractivity contribution in [1.29, 1.82) is 0 Å². The number of methoxy groups -OCH3 is 1. The van der Waals surface area contributed by atoms with Crippen LogP contribution in [0.5, 0.6) is 5.75 Å². The van der Waals surface area contributed by atoms with E-state index in [1.807, 2.05) is 24.3 Å². The third-order valence-corrected chi connectivity index (χ3v) is 2.82. The van der Waals surface area contributed by atoms with Crippen LogP contribution in [-0.2, 0) is 6.54 Å². The van der Waals surface area contributed by atoms with E-state index in [9.17, 15) is 0 Å². The van der Waals surface area contributed by atoms with E-state index in [1.165, 1.54) is 6.33 Å². The third-order valence-electron chi connectivity index (χ3n) is 2.60. The Balaban J connectivity index is 2.20. The fraction of sp³-hybridized carbons (Fsp3) is 0.154. The summed E-state index contributed by atoms with van der Waals surface area (Å²) in [6.45, 7) is 0.561. The molecule has 0 unspecified atom stereocenters. The smallest absolute Gasteiger partial charge is 0.120 e. The summed E-state index contributed by atoms with van der Waals surface area (Å²) in [5, 5.41) is 3.25. The van der Waals surface area contributed by atoms with E-state index >= 15 is 0 Å². The number of hydrogen-bond donors (Lipinski definition) is 2. The van der Waals surface area contributed by atoms with E-state index in [-0.39, 0.29) is 0 Å². The van der Waals surface area contributed by atoms with Crippen LogP contribution in [-0.4, -0.2) is 22.1 Å². The molecule has 1 aromatic heterocycles. The van der Waals surface area contributed by atoms with Gasteiger partial charge in [0.1, 0.15) is 17.1 Å². The van der Waals surface area contributed by atoms with Crippen LogP contribution in [0.15, 0.2) is 36.8 Å². The van der Waals surface area contributed by atoms with Crippen LogP contribution in [0.1, 0.15) is 11.3 Å². The average molecular weight is 274 g/mol. The number of ether oxygens (including phenoxy) is 1. The molecule has 0 saturated carbocycles. The van der Waals surface area contributed by atoms with Crippen LogP contribution in [0, 0.1) is 0 Å². The summed E-state index contributed by atoms with van der Waals surface area (Å²) in [5.74, 6) is 0.741. The van der Waals surface area contributed by atoms with Crippen molar-refractivity contribution in [1.82, 2.24) is 9.97 Å². The van der Waals surface area contributed by atoms with E-state index in [1.54, 1.807) is 13.3 Å². The second-order valence-corrected chi connectivity index (χ2v) is 4.27. The fourth-order valence-corrected chi connectivity index (χ4v) is 1.80. The summed E-state index contributed by atoms with van der Waals surface area (Å²) < 4.78 is 5.19. The standard InChI is InChI=1S/C13H14N4OS/c1-18-10-2-3-11(13(14)19)12(6-10)16-7-9-4-5-15-8-17-9/h2-6,8,16H,7H2,1H3,(H2,14,19). The molecular formula is C13H14N4OS. The maximum atomic E-state index is 5.70. The van der Waals surface area contributed by atoms with Gasteiger partial charge in [0.05, 0.1) is 19.3 Å². The molecule has 1 aromatic carbocycles. The van der Waals surface area contributed by atoms with Gasteiger partial charge in [-0.3, -0.25) is 0 Å². The van der Waals surface area contributed by atoms with Crippen molar-refractivity contribution in [2.45, 2.75) is 6.54 Å². The first-order valence-corrected chi connectivity index (χ1v) is 6.08. The first-order chi connectivity index (χ1) is 9.20. The number of rotatable bonds is 5. The van der Waals surface area contributed by atoms with Crippen molar-refractivity contribution in [3.05, 3.63) is 48.0 Å². The van der Waals surface area contributed by atoms with Crippen molar-refractivity contribution in [3.63, 3.8) is 0 Å². The monoisotopic (exact) mass is 274 g/mol. The van der Waals surface area contributed by atoms with Crippen molar-refractivity contribution in [2.75, 3.05) is 12.4 Å². The lowest BCUT2D eigenvalue weighted by atomic mass is 10.1. The Hall–Kier alpha value is -2.21. The molecule has 98 valence electrons. The Bertz CT molecular complexity index is 574. The quantitative estimate of drug-likeness (QED) is 0.809. The van der Waals surface area contributed by atoms with Gasteiger partial charge < -0.3 is 15.8 Å². The van der Waals surface area contributed by atoms with Crippen LogP contribution in [0.3, 0.4) is 0 Å². The molecule has 0 spiro atoms. The fourth-order valence-electron chi connectivity index (χ4n) is 1.62. The van der Waals surface area contributed by atoms with Crippen LogP contribution in [0.2, 0.25) is 0 Å². The normalized spacial score (nSPS) is 9.95. The molecule has 2 aromatic rings. The molecule has 0 fully saturated rings. The Kier molecular flexibility index (Phi) is 4.25. The van der Waals surface area contributed by atoms with Gasteiger partial charge in [-0.1, -0.05) is 12.2 Å². The second-order valence-electron chi connectivity index (χ2n) is 3.83. The van der Waals surface area contributed by atoms with Crippen LogP contribution >= 0.6 is 12.2 Å². The van der Waals surface area contributed by atoms with Crippen LogP contribution < -0.4 is 15.8 Å². The van der Waals surface area contributed by atoms with E-state index in [0.29, 0.717) is 11.5 Å². The summed E-state index contributed by atoms with van der Waals surface area (Å²) in [7, 11) is 1.62. The second kappa shape index (κ2) is 6.10. The third kappa shape index (κ3) is 3.38. The molecule has 6 heteroatoms. The molecule has 0 aliphatic carbocycles. The lowest BCUT2D eigenvalue weighted by molar-refractivity contribution is 0.415. The predicted octanol–water partition coefficient (Wildman–Crippen LogP) is 1.73.